The van der Waals surface area contributed by atoms with Crippen molar-refractivity contribution in [3.8, 4) is 0 Å². The van der Waals surface area contributed by atoms with Gasteiger partial charge in [0.25, 0.3) is 5.91 Å². The van der Waals surface area contributed by atoms with E-state index in [9.17, 15) is 4.79 Å². The van der Waals surface area contributed by atoms with Crippen molar-refractivity contribution in [3.63, 3.8) is 0 Å². The molecule has 5 nitrogen and oxygen atoms in total. The lowest BCUT2D eigenvalue weighted by Crippen LogP contribution is -3.08. The first-order valence-electron chi connectivity index (χ1n) is 8.96. The number of carbonyl (C=O) groups excluding carboxylic acids is 1. The van der Waals surface area contributed by atoms with Crippen LogP contribution in [0.5, 0.6) is 0 Å². The molecular formula is C20H22ClN4O+. The molecule has 1 aromatic heterocycles. The molecule has 2 aromatic carbocycles. The van der Waals surface area contributed by atoms with E-state index >= 15 is 0 Å². The lowest BCUT2D eigenvalue weighted by Gasteiger charge is -2.11. The SMILES string of the molecule is Cn1c(C[NH+]2CCCC2)nc2cc(NC(=O)c3ccc(Cl)cc3)ccc21. The molecule has 1 aliphatic rings. The van der Waals surface area contributed by atoms with E-state index in [1.165, 1.54) is 25.9 Å². The Morgan fingerprint density at radius 2 is 1.92 bits per heavy atom. The van der Waals surface area contributed by atoms with Crippen LogP contribution in [0.2, 0.25) is 5.02 Å². The number of amides is 1. The van der Waals surface area contributed by atoms with Crippen LogP contribution in [0.1, 0.15) is 29.0 Å². The topological polar surface area (TPSA) is 51.4 Å². The molecule has 26 heavy (non-hydrogen) atoms. The number of nitrogens with one attached hydrogen (secondary N) is 2. The zero-order chi connectivity index (χ0) is 18.1. The van der Waals surface area contributed by atoms with Gasteiger partial charge in [-0.3, -0.25) is 4.79 Å². The predicted octanol–water partition coefficient (Wildman–Crippen LogP) is 2.66. The number of fused-ring (bicyclic) bond motifs is 1. The fraction of sp³-hybridized carbons (Fsp3) is 0.300. The zero-order valence-corrected chi connectivity index (χ0v) is 15.5. The van der Waals surface area contributed by atoms with Crippen molar-refractivity contribution in [3.05, 3.63) is 58.9 Å². The van der Waals surface area contributed by atoms with Gasteiger partial charge in [0.1, 0.15) is 6.54 Å². The van der Waals surface area contributed by atoms with E-state index < -0.39 is 0 Å². The highest BCUT2D eigenvalue weighted by Crippen LogP contribution is 2.20. The summed E-state index contributed by atoms with van der Waals surface area (Å²) in [5.41, 5.74) is 3.32. The highest BCUT2D eigenvalue weighted by Gasteiger charge is 2.19. The van der Waals surface area contributed by atoms with Gasteiger partial charge < -0.3 is 14.8 Å². The number of carbonyl (C=O) groups is 1. The van der Waals surface area contributed by atoms with Crippen molar-refractivity contribution in [2.45, 2.75) is 19.4 Å². The van der Waals surface area contributed by atoms with Gasteiger partial charge in [0.2, 0.25) is 0 Å². The van der Waals surface area contributed by atoms with Gasteiger partial charge in [-0.2, -0.15) is 0 Å². The molecular weight excluding hydrogens is 348 g/mol. The Kier molecular flexibility index (Phi) is 4.66. The molecule has 1 fully saturated rings. The minimum Gasteiger partial charge on any atom is -0.329 e. The molecule has 0 radical (unpaired) electrons. The Morgan fingerprint density at radius 3 is 2.65 bits per heavy atom. The summed E-state index contributed by atoms with van der Waals surface area (Å²) in [6.07, 6.45) is 2.61. The average molecular weight is 370 g/mol. The Bertz CT molecular complexity index is 942. The van der Waals surface area contributed by atoms with Crippen LogP contribution in [0.15, 0.2) is 42.5 Å². The number of quaternary nitrogens is 1. The Balaban J connectivity index is 1.55. The van der Waals surface area contributed by atoms with E-state index in [-0.39, 0.29) is 5.91 Å². The van der Waals surface area contributed by atoms with Gasteiger partial charge in [-0.15, -0.1) is 0 Å². The molecule has 134 valence electrons. The minimum atomic E-state index is -0.154. The van der Waals surface area contributed by atoms with Crippen molar-refractivity contribution in [1.82, 2.24) is 9.55 Å². The predicted molar refractivity (Wildman–Crippen MR) is 104 cm³/mol. The smallest absolute Gasteiger partial charge is 0.255 e. The fourth-order valence-corrected chi connectivity index (χ4v) is 3.69. The van der Waals surface area contributed by atoms with E-state index in [1.807, 2.05) is 18.2 Å². The first-order chi connectivity index (χ1) is 12.6. The third kappa shape index (κ3) is 3.45. The molecule has 3 aromatic rings. The number of aryl methyl sites for hydroxylation is 1. The summed E-state index contributed by atoms with van der Waals surface area (Å²) in [6.45, 7) is 3.41. The first kappa shape index (κ1) is 17.1. The third-order valence-corrected chi connectivity index (χ3v) is 5.31. The summed E-state index contributed by atoms with van der Waals surface area (Å²) in [4.78, 5) is 18.8. The molecule has 0 spiro atoms. The minimum absolute atomic E-state index is 0.154. The summed E-state index contributed by atoms with van der Waals surface area (Å²) in [5, 5.41) is 3.55. The lowest BCUT2D eigenvalue weighted by molar-refractivity contribution is -0.902. The second-order valence-electron chi connectivity index (χ2n) is 6.89. The Morgan fingerprint density at radius 1 is 1.19 bits per heavy atom. The second-order valence-corrected chi connectivity index (χ2v) is 7.32. The molecule has 2 N–H and O–H groups in total. The zero-order valence-electron chi connectivity index (χ0n) is 14.8. The molecule has 6 heteroatoms. The number of nitrogens with zero attached hydrogens (tertiary/aromatic N) is 2. The molecule has 1 amide bonds. The molecule has 0 saturated carbocycles. The molecule has 0 bridgehead atoms. The summed E-state index contributed by atoms with van der Waals surface area (Å²) >= 11 is 5.88. The molecule has 0 atom stereocenters. The number of anilines is 1. The van der Waals surface area contributed by atoms with Crippen molar-refractivity contribution < 1.29 is 9.69 Å². The highest BCUT2D eigenvalue weighted by molar-refractivity contribution is 6.30. The van der Waals surface area contributed by atoms with Crippen LogP contribution in [0.25, 0.3) is 11.0 Å². The molecule has 1 aliphatic heterocycles. The maximum atomic E-state index is 12.4. The lowest BCUT2D eigenvalue weighted by atomic mass is 10.2. The van der Waals surface area contributed by atoms with Crippen molar-refractivity contribution in [2.24, 2.45) is 7.05 Å². The second kappa shape index (κ2) is 7.09. The van der Waals surface area contributed by atoms with Gasteiger partial charge in [0, 0.05) is 36.2 Å². The largest absolute Gasteiger partial charge is 0.329 e. The number of likely N-dealkylation sites (tertiary alicyclic amines) is 1. The van der Waals surface area contributed by atoms with E-state index in [0.29, 0.717) is 10.6 Å². The van der Waals surface area contributed by atoms with Crippen LogP contribution >= 0.6 is 11.6 Å². The van der Waals surface area contributed by atoms with Crippen LogP contribution in [-0.2, 0) is 13.6 Å². The summed E-state index contributed by atoms with van der Waals surface area (Å²) in [6, 6.07) is 12.7. The maximum Gasteiger partial charge on any atom is 0.255 e. The summed E-state index contributed by atoms with van der Waals surface area (Å²) in [7, 11) is 2.06. The van der Waals surface area contributed by atoms with Crippen molar-refractivity contribution in [1.29, 1.82) is 0 Å². The summed E-state index contributed by atoms with van der Waals surface area (Å²) < 4.78 is 2.16. The van der Waals surface area contributed by atoms with Gasteiger partial charge in [-0.25, -0.2) is 4.98 Å². The number of hydrogen-bond acceptors (Lipinski definition) is 2. The van der Waals surface area contributed by atoms with Crippen molar-refractivity contribution in [2.75, 3.05) is 18.4 Å². The standard InChI is InChI=1S/C20H21ClN4O/c1-24-18-9-8-16(22-20(26)14-4-6-15(21)7-5-14)12-17(18)23-19(24)13-25-10-2-3-11-25/h4-9,12H,2-3,10-11,13H2,1H3,(H,22,26)/p+1. The molecule has 4 rings (SSSR count). The maximum absolute atomic E-state index is 12.4. The fourth-order valence-electron chi connectivity index (χ4n) is 3.57. The normalized spacial score (nSPS) is 14.8. The van der Waals surface area contributed by atoms with Crippen LogP contribution in [-0.4, -0.2) is 28.5 Å². The molecule has 1 saturated heterocycles. The van der Waals surface area contributed by atoms with Crippen LogP contribution in [0.3, 0.4) is 0 Å². The number of benzene rings is 2. The Hall–Kier alpha value is -2.37. The monoisotopic (exact) mass is 369 g/mol. The summed E-state index contributed by atoms with van der Waals surface area (Å²) in [5.74, 6) is 0.941. The highest BCUT2D eigenvalue weighted by atomic mass is 35.5. The number of halogens is 1. The van der Waals surface area contributed by atoms with Gasteiger partial charge in [0.15, 0.2) is 5.82 Å². The quantitative estimate of drug-likeness (QED) is 0.742. The first-order valence-corrected chi connectivity index (χ1v) is 9.34. The van der Waals surface area contributed by atoms with Gasteiger partial charge in [0.05, 0.1) is 24.1 Å². The molecule has 0 aliphatic carbocycles. The molecule has 0 unspecified atom stereocenters. The van der Waals surface area contributed by atoms with Crippen LogP contribution < -0.4 is 10.2 Å². The van der Waals surface area contributed by atoms with Crippen LogP contribution in [0, 0.1) is 0 Å². The van der Waals surface area contributed by atoms with Gasteiger partial charge in [-0.05, 0) is 42.5 Å². The number of aromatic nitrogens is 2. The molecule has 2 heterocycles. The van der Waals surface area contributed by atoms with E-state index in [2.05, 4.69) is 16.9 Å². The van der Waals surface area contributed by atoms with Gasteiger partial charge >= 0.3 is 0 Å². The van der Waals surface area contributed by atoms with Crippen molar-refractivity contribution >= 4 is 34.2 Å². The van der Waals surface area contributed by atoms with E-state index in [1.54, 1.807) is 29.2 Å². The number of rotatable bonds is 4. The third-order valence-electron chi connectivity index (χ3n) is 5.06. The van der Waals surface area contributed by atoms with E-state index in [4.69, 9.17) is 16.6 Å². The average Bonchev–Trinajstić information content (AvgIpc) is 3.24. The Labute approximate surface area is 157 Å². The van der Waals surface area contributed by atoms with Gasteiger partial charge in [-0.1, -0.05) is 11.6 Å². The number of imidazole rings is 1. The van der Waals surface area contributed by atoms with E-state index in [0.717, 1.165) is 29.1 Å². The number of hydrogen-bond donors (Lipinski definition) is 2. The van der Waals surface area contributed by atoms with Crippen LogP contribution in [0.4, 0.5) is 5.69 Å².